The number of hydrogen-bond donors (Lipinski definition) is 2. The fraction of sp³-hybridized carbons (Fsp3) is 0. The lowest BCUT2D eigenvalue weighted by molar-refractivity contribution is -0.255. The number of rotatable bonds is 3. The number of aromatic carboxylic acids is 1. The summed E-state index contributed by atoms with van der Waals surface area (Å²) in [5, 5.41) is 18.7. The maximum Gasteiger partial charge on any atom is 0.446 e. The molecule has 0 amide bonds. The van der Waals surface area contributed by atoms with E-state index in [1.807, 2.05) is 0 Å². The van der Waals surface area contributed by atoms with Gasteiger partial charge in [-0.15, -0.1) is 0 Å². The molecule has 0 aliphatic heterocycles. The van der Waals surface area contributed by atoms with Crippen LogP contribution in [-0.4, -0.2) is 18.9 Å². The minimum absolute atomic E-state index is 0.454. The van der Waals surface area contributed by atoms with E-state index in [0.29, 0.717) is 11.4 Å². The first kappa shape index (κ1) is 17.9. The lowest BCUT2D eigenvalue weighted by Crippen LogP contribution is -2.23. The molecule has 0 aliphatic rings. The molecule has 10 heteroatoms. The second kappa shape index (κ2) is 7.74. The van der Waals surface area contributed by atoms with Crippen LogP contribution in [0.2, 0.25) is 0 Å². The summed E-state index contributed by atoms with van der Waals surface area (Å²) in [6, 6.07) is 11.5. The first-order valence-corrected chi connectivity index (χ1v) is 7.27. The first-order chi connectivity index (χ1) is 10.7. The molecule has 0 saturated carbocycles. The fourth-order valence-electron chi connectivity index (χ4n) is 1.36. The van der Waals surface area contributed by atoms with Crippen molar-refractivity contribution in [2.45, 2.75) is 0 Å². The fourth-order valence-corrected chi connectivity index (χ4v) is 1.73. The molecule has 0 heterocycles. The van der Waals surface area contributed by atoms with Crippen molar-refractivity contribution in [2.75, 3.05) is 5.73 Å². The molecule has 0 radical (unpaired) electrons. The van der Waals surface area contributed by atoms with Crippen LogP contribution in [0.25, 0.3) is 4.98 Å². The van der Waals surface area contributed by atoms with Gasteiger partial charge in [0.1, 0.15) is 0 Å². The smallest absolute Gasteiger partial charge is 0.446 e. The average Bonchev–Trinajstić information content (AvgIpc) is 2.47. The van der Waals surface area contributed by atoms with Crippen molar-refractivity contribution >= 4 is 27.7 Å². The third-order valence-electron chi connectivity index (χ3n) is 2.31. The highest BCUT2D eigenvalue weighted by Crippen LogP contribution is 2.18. The van der Waals surface area contributed by atoms with Gasteiger partial charge in [-0.3, -0.25) is 4.55 Å². The van der Waals surface area contributed by atoms with Crippen molar-refractivity contribution in [1.29, 1.82) is 5.39 Å². The van der Waals surface area contributed by atoms with E-state index in [9.17, 15) is 18.3 Å². The largest absolute Gasteiger partial charge is 0.545 e. The van der Waals surface area contributed by atoms with Crippen LogP contribution in [0.4, 0.5) is 11.4 Å². The van der Waals surface area contributed by atoms with Gasteiger partial charge in [0.2, 0.25) is 5.39 Å². The Morgan fingerprint density at radius 3 is 2.22 bits per heavy atom. The lowest BCUT2D eigenvalue weighted by atomic mass is 10.2. The van der Waals surface area contributed by atoms with Crippen LogP contribution in [0.3, 0.4) is 0 Å². The predicted molar refractivity (Wildman–Crippen MR) is 78.5 cm³/mol. The lowest BCUT2D eigenvalue weighted by Gasteiger charge is -2.08. The highest BCUT2D eigenvalue weighted by atomic mass is 32.3. The van der Waals surface area contributed by atoms with Crippen LogP contribution in [0, 0.1) is 5.39 Å². The number of carbonyl (C=O) groups is 1. The number of nitrogens with two attached hydrogens (primary N) is 1. The SMILES string of the molecule is N#[N+]c1ccc(N)cc1.O=C([O-])c1ccccc1OS(=O)(=O)O. The van der Waals surface area contributed by atoms with Crippen molar-refractivity contribution < 1.29 is 27.1 Å². The molecule has 120 valence electrons. The average molecular weight is 337 g/mol. The van der Waals surface area contributed by atoms with E-state index in [1.165, 1.54) is 12.1 Å². The second-order valence-corrected chi connectivity index (χ2v) is 5.01. The molecule has 0 unspecified atom stereocenters. The molecule has 9 nitrogen and oxygen atoms in total. The number of benzene rings is 2. The van der Waals surface area contributed by atoms with Crippen molar-refractivity contribution in [3.05, 3.63) is 59.1 Å². The molecule has 0 saturated heterocycles. The number of carboxylic acids is 1. The second-order valence-electron chi connectivity index (χ2n) is 3.99. The van der Waals surface area contributed by atoms with Gasteiger partial charge in [0.25, 0.3) is 0 Å². The van der Waals surface area contributed by atoms with E-state index in [1.54, 1.807) is 24.3 Å². The molecule has 0 fully saturated rings. The standard InChI is InChI=1S/C7H6O6S.C6H6N3/c8-7(9)5-3-1-2-4-6(5)13-14(10,11)12;7-5-1-3-6(9-8)4-2-5/h1-4H,(H,8,9)(H,10,11,12);1-4H,7H2/q;+1/p-1. The third kappa shape index (κ3) is 6.42. The number of anilines is 1. The summed E-state index contributed by atoms with van der Waals surface area (Å²) in [5.74, 6) is -2.08. The summed E-state index contributed by atoms with van der Waals surface area (Å²) in [5.41, 5.74) is 6.09. The number of carboxylic acid groups (broad SMARTS) is 1. The molecular weight excluding hydrogens is 326 g/mol. The van der Waals surface area contributed by atoms with Crippen molar-refractivity contribution in [3.63, 3.8) is 0 Å². The van der Waals surface area contributed by atoms with Gasteiger partial charge in [0.05, 0.1) is 5.97 Å². The zero-order valence-electron chi connectivity index (χ0n) is 11.5. The Labute approximate surface area is 131 Å². The Morgan fingerprint density at radius 1 is 1.17 bits per heavy atom. The zero-order chi connectivity index (χ0) is 17.5. The van der Waals surface area contributed by atoms with E-state index in [2.05, 4.69) is 9.16 Å². The number of carbonyl (C=O) groups excluding carboxylic acids is 1. The highest BCUT2D eigenvalue weighted by Gasteiger charge is 2.11. The molecule has 2 aromatic carbocycles. The molecular formula is C13H11N3O6S. The topological polar surface area (TPSA) is 158 Å². The Hall–Kier alpha value is -3.16. The van der Waals surface area contributed by atoms with Gasteiger partial charge < -0.3 is 19.8 Å². The van der Waals surface area contributed by atoms with Crippen LogP contribution in [0.5, 0.6) is 5.75 Å². The summed E-state index contributed by atoms with van der Waals surface area (Å²) in [6.07, 6.45) is 0. The molecule has 0 atom stereocenters. The minimum Gasteiger partial charge on any atom is -0.545 e. The van der Waals surface area contributed by atoms with Gasteiger partial charge in [-0.25, -0.2) is 0 Å². The van der Waals surface area contributed by atoms with E-state index in [4.69, 9.17) is 15.7 Å². The van der Waals surface area contributed by atoms with Gasteiger partial charge in [0, 0.05) is 23.4 Å². The first-order valence-electron chi connectivity index (χ1n) is 5.91. The van der Waals surface area contributed by atoms with E-state index in [-0.39, 0.29) is 0 Å². The molecule has 2 rings (SSSR count). The maximum atomic E-state index is 10.4. The molecule has 0 bridgehead atoms. The molecule has 0 aliphatic carbocycles. The number of nitrogen functional groups attached to an aromatic ring is 1. The Balaban J connectivity index is 0.000000253. The summed E-state index contributed by atoms with van der Waals surface area (Å²) in [4.78, 5) is 13.4. The minimum atomic E-state index is -4.72. The van der Waals surface area contributed by atoms with Crippen LogP contribution in [0.1, 0.15) is 10.4 Å². The van der Waals surface area contributed by atoms with Crippen molar-refractivity contribution in [3.8, 4) is 5.75 Å². The van der Waals surface area contributed by atoms with Crippen molar-refractivity contribution in [1.82, 2.24) is 0 Å². The summed E-state index contributed by atoms with van der Waals surface area (Å²) in [6.45, 7) is 0. The van der Waals surface area contributed by atoms with Crippen LogP contribution >= 0.6 is 0 Å². The number of diazo groups is 1. The van der Waals surface area contributed by atoms with Gasteiger partial charge in [-0.2, -0.15) is 8.42 Å². The summed E-state index contributed by atoms with van der Waals surface area (Å²) in [7, 11) is -4.72. The molecule has 3 N–H and O–H groups in total. The quantitative estimate of drug-likeness (QED) is 0.476. The normalized spacial score (nSPS) is 9.91. The number of hydrogen-bond acceptors (Lipinski definition) is 7. The van der Waals surface area contributed by atoms with Gasteiger partial charge >= 0.3 is 16.1 Å². The number of para-hydroxylation sites is 1. The molecule has 0 spiro atoms. The van der Waals surface area contributed by atoms with Gasteiger partial charge in [-0.1, -0.05) is 12.1 Å². The monoisotopic (exact) mass is 337 g/mol. The Bertz CT molecular complexity index is 828. The molecule has 2 aromatic rings. The highest BCUT2D eigenvalue weighted by molar-refractivity contribution is 7.81. The zero-order valence-corrected chi connectivity index (χ0v) is 12.3. The number of nitrogens with zero attached hydrogens (tertiary/aromatic N) is 2. The molecule has 23 heavy (non-hydrogen) atoms. The maximum absolute atomic E-state index is 10.4. The molecule has 0 aromatic heterocycles. The van der Waals surface area contributed by atoms with E-state index >= 15 is 0 Å². The van der Waals surface area contributed by atoms with Crippen LogP contribution < -0.4 is 15.0 Å². The summed E-state index contributed by atoms with van der Waals surface area (Å²) >= 11 is 0. The van der Waals surface area contributed by atoms with Gasteiger partial charge in [-0.05, 0) is 24.3 Å². The Morgan fingerprint density at radius 2 is 1.74 bits per heavy atom. The van der Waals surface area contributed by atoms with Crippen LogP contribution in [-0.2, 0) is 10.4 Å². The van der Waals surface area contributed by atoms with E-state index < -0.39 is 27.7 Å². The van der Waals surface area contributed by atoms with Crippen LogP contribution in [0.15, 0.2) is 48.5 Å². The predicted octanol–water partition coefficient (Wildman–Crippen LogP) is 0.985. The van der Waals surface area contributed by atoms with Crippen molar-refractivity contribution in [2.24, 2.45) is 0 Å². The Kier molecular flexibility index (Phi) is 6.02. The summed E-state index contributed by atoms with van der Waals surface area (Å²) < 4.78 is 32.9. The van der Waals surface area contributed by atoms with E-state index in [0.717, 1.165) is 12.1 Å². The van der Waals surface area contributed by atoms with Gasteiger partial charge in [0.15, 0.2) is 10.7 Å². The third-order valence-corrected chi connectivity index (χ3v) is 2.70.